The number of carbonyl (C=O) groups excluding carboxylic acids is 2. The van der Waals surface area contributed by atoms with Gasteiger partial charge < -0.3 is 15.5 Å². The molecule has 7 nitrogen and oxygen atoms in total. The van der Waals surface area contributed by atoms with Crippen LogP contribution >= 0.6 is 0 Å². The molecular formula is C17H23N5O2. The summed E-state index contributed by atoms with van der Waals surface area (Å²) in [6.07, 6.45) is 0. The minimum Gasteiger partial charge on any atom is -0.351 e. The fraction of sp³-hybridized carbons (Fsp3) is 0.353. The van der Waals surface area contributed by atoms with Crippen molar-refractivity contribution in [1.82, 2.24) is 20.0 Å². The molecule has 7 heteroatoms. The van der Waals surface area contributed by atoms with Crippen LogP contribution in [-0.2, 0) is 4.79 Å². The van der Waals surface area contributed by atoms with Gasteiger partial charge in [-0.1, -0.05) is 0 Å². The number of amides is 2. The Labute approximate surface area is 141 Å². The van der Waals surface area contributed by atoms with E-state index in [1.807, 2.05) is 25.9 Å². The van der Waals surface area contributed by atoms with Gasteiger partial charge in [0.2, 0.25) is 5.91 Å². The van der Waals surface area contributed by atoms with Crippen LogP contribution in [0.4, 0.5) is 5.82 Å². The summed E-state index contributed by atoms with van der Waals surface area (Å²) in [7, 11) is 3.92. The van der Waals surface area contributed by atoms with E-state index in [1.165, 1.54) is 6.92 Å². The lowest BCUT2D eigenvalue weighted by Gasteiger charge is -2.11. The van der Waals surface area contributed by atoms with Crippen LogP contribution < -0.4 is 10.6 Å². The molecule has 0 unspecified atom stereocenters. The smallest absolute Gasteiger partial charge is 0.251 e. The van der Waals surface area contributed by atoms with Crippen LogP contribution in [0.2, 0.25) is 0 Å². The summed E-state index contributed by atoms with van der Waals surface area (Å²) >= 11 is 0. The van der Waals surface area contributed by atoms with Gasteiger partial charge in [-0.3, -0.25) is 9.59 Å². The molecule has 0 aliphatic heterocycles. The fourth-order valence-corrected chi connectivity index (χ4v) is 2.21. The standard InChI is InChI=1S/C17H23N5O2/c1-12-11-16(19-13(2)23)22(20-12)15-7-5-14(6-8-15)17(24)18-9-10-21(3)4/h5-8,11H,9-10H2,1-4H3,(H,18,24)(H,19,23). The third-order valence-corrected chi connectivity index (χ3v) is 3.35. The number of aromatic nitrogens is 2. The first kappa shape index (κ1) is 17.7. The van der Waals surface area contributed by atoms with Crippen LogP contribution in [-0.4, -0.2) is 53.7 Å². The molecule has 0 saturated heterocycles. The first-order chi connectivity index (χ1) is 11.4. The van der Waals surface area contributed by atoms with Crippen molar-refractivity contribution in [2.45, 2.75) is 13.8 Å². The van der Waals surface area contributed by atoms with Crippen LogP contribution in [0.15, 0.2) is 30.3 Å². The number of likely N-dealkylation sites (N-methyl/N-ethyl adjacent to an activating group) is 1. The van der Waals surface area contributed by atoms with E-state index in [4.69, 9.17) is 0 Å². The molecule has 2 N–H and O–H groups in total. The van der Waals surface area contributed by atoms with Crippen molar-refractivity contribution in [2.75, 3.05) is 32.5 Å². The Bertz CT molecular complexity index is 719. The van der Waals surface area contributed by atoms with Crippen molar-refractivity contribution in [2.24, 2.45) is 0 Å². The van der Waals surface area contributed by atoms with E-state index in [-0.39, 0.29) is 11.8 Å². The largest absolute Gasteiger partial charge is 0.351 e. The molecule has 0 fully saturated rings. The second kappa shape index (κ2) is 7.74. The Kier molecular flexibility index (Phi) is 5.70. The molecule has 1 aromatic carbocycles. The Morgan fingerprint density at radius 2 is 1.88 bits per heavy atom. The quantitative estimate of drug-likeness (QED) is 0.840. The average Bonchev–Trinajstić information content (AvgIpc) is 2.86. The summed E-state index contributed by atoms with van der Waals surface area (Å²) in [5, 5.41) is 9.99. The Morgan fingerprint density at radius 1 is 1.21 bits per heavy atom. The van der Waals surface area contributed by atoms with Gasteiger partial charge in [-0.25, -0.2) is 4.68 Å². The zero-order chi connectivity index (χ0) is 17.7. The number of hydrogen-bond acceptors (Lipinski definition) is 4. The Morgan fingerprint density at radius 3 is 2.46 bits per heavy atom. The van der Waals surface area contributed by atoms with E-state index < -0.39 is 0 Å². The van der Waals surface area contributed by atoms with Crippen molar-refractivity contribution >= 4 is 17.6 Å². The number of aryl methyl sites for hydroxylation is 1. The zero-order valence-corrected chi connectivity index (χ0v) is 14.5. The van der Waals surface area contributed by atoms with Crippen molar-refractivity contribution in [3.63, 3.8) is 0 Å². The lowest BCUT2D eigenvalue weighted by Crippen LogP contribution is -2.31. The van der Waals surface area contributed by atoms with Gasteiger partial charge in [0.25, 0.3) is 5.91 Å². The molecule has 2 aromatic rings. The van der Waals surface area contributed by atoms with Crippen LogP contribution in [0.25, 0.3) is 5.69 Å². The van der Waals surface area contributed by atoms with Crippen LogP contribution in [0, 0.1) is 6.92 Å². The maximum Gasteiger partial charge on any atom is 0.251 e. The lowest BCUT2D eigenvalue weighted by molar-refractivity contribution is -0.114. The van der Waals surface area contributed by atoms with E-state index >= 15 is 0 Å². The highest BCUT2D eigenvalue weighted by Gasteiger charge is 2.10. The molecule has 128 valence electrons. The molecule has 0 atom stereocenters. The van der Waals surface area contributed by atoms with E-state index in [0.29, 0.717) is 17.9 Å². The number of rotatable bonds is 6. The highest BCUT2D eigenvalue weighted by molar-refractivity contribution is 5.94. The third-order valence-electron chi connectivity index (χ3n) is 3.35. The molecule has 0 aliphatic carbocycles. The van der Waals surface area contributed by atoms with Crippen molar-refractivity contribution in [3.05, 3.63) is 41.6 Å². The first-order valence-electron chi connectivity index (χ1n) is 7.74. The molecule has 2 amide bonds. The molecule has 0 bridgehead atoms. The molecule has 1 heterocycles. The average molecular weight is 329 g/mol. The third kappa shape index (κ3) is 4.66. The van der Waals surface area contributed by atoms with E-state index in [2.05, 4.69) is 15.7 Å². The SMILES string of the molecule is CC(=O)Nc1cc(C)nn1-c1ccc(C(=O)NCCN(C)C)cc1. The molecule has 0 saturated carbocycles. The number of nitrogens with zero attached hydrogens (tertiary/aromatic N) is 3. The van der Waals surface area contributed by atoms with Crippen molar-refractivity contribution in [1.29, 1.82) is 0 Å². The topological polar surface area (TPSA) is 79.3 Å². The predicted molar refractivity (Wildman–Crippen MR) is 93.5 cm³/mol. The first-order valence-corrected chi connectivity index (χ1v) is 7.74. The molecule has 0 radical (unpaired) electrons. The highest BCUT2D eigenvalue weighted by atomic mass is 16.2. The van der Waals surface area contributed by atoms with Crippen molar-refractivity contribution in [3.8, 4) is 5.69 Å². The van der Waals surface area contributed by atoms with E-state index in [1.54, 1.807) is 35.0 Å². The Hall–Kier alpha value is -2.67. The van der Waals surface area contributed by atoms with Gasteiger partial charge in [0, 0.05) is 31.6 Å². The van der Waals surface area contributed by atoms with Gasteiger partial charge in [0.15, 0.2) is 0 Å². The number of nitrogens with one attached hydrogen (secondary N) is 2. The molecule has 24 heavy (non-hydrogen) atoms. The molecule has 0 spiro atoms. The second-order valence-electron chi connectivity index (χ2n) is 5.87. The predicted octanol–water partition coefficient (Wildman–Crippen LogP) is 1.43. The summed E-state index contributed by atoms with van der Waals surface area (Å²) in [4.78, 5) is 25.4. The van der Waals surface area contributed by atoms with Crippen LogP contribution in [0.1, 0.15) is 23.0 Å². The minimum absolute atomic E-state index is 0.109. The fourth-order valence-electron chi connectivity index (χ4n) is 2.21. The van der Waals surface area contributed by atoms with Gasteiger partial charge in [0.05, 0.1) is 11.4 Å². The highest BCUT2D eigenvalue weighted by Crippen LogP contribution is 2.17. The van der Waals surface area contributed by atoms with Gasteiger partial charge in [-0.15, -0.1) is 0 Å². The number of hydrogen-bond donors (Lipinski definition) is 2. The summed E-state index contributed by atoms with van der Waals surface area (Å²) in [6.45, 7) is 4.69. The maximum absolute atomic E-state index is 12.1. The Balaban J connectivity index is 2.12. The summed E-state index contributed by atoms with van der Waals surface area (Å²) in [6, 6.07) is 8.89. The second-order valence-corrected chi connectivity index (χ2v) is 5.87. The van der Waals surface area contributed by atoms with Gasteiger partial charge in [0.1, 0.15) is 5.82 Å². The maximum atomic E-state index is 12.1. The van der Waals surface area contributed by atoms with E-state index in [0.717, 1.165) is 17.9 Å². The molecule has 0 aliphatic rings. The lowest BCUT2D eigenvalue weighted by atomic mass is 10.2. The van der Waals surface area contributed by atoms with Crippen LogP contribution in [0.3, 0.4) is 0 Å². The monoisotopic (exact) mass is 329 g/mol. The van der Waals surface area contributed by atoms with Crippen LogP contribution in [0.5, 0.6) is 0 Å². The summed E-state index contributed by atoms with van der Waals surface area (Å²) in [5.74, 6) is 0.332. The van der Waals surface area contributed by atoms with Gasteiger partial charge in [-0.05, 0) is 45.3 Å². The van der Waals surface area contributed by atoms with E-state index in [9.17, 15) is 9.59 Å². The zero-order valence-electron chi connectivity index (χ0n) is 14.5. The number of anilines is 1. The van der Waals surface area contributed by atoms with Gasteiger partial charge >= 0.3 is 0 Å². The molecule has 2 rings (SSSR count). The normalized spacial score (nSPS) is 10.7. The van der Waals surface area contributed by atoms with Gasteiger partial charge in [-0.2, -0.15) is 5.10 Å². The summed E-state index contributed by atoms with van der Waals surface area (Å²) < 4.78 is 1.64. The minimum atomic E-state index is -0.159. The molecule has 1 aromatic heterocycles. The van der Waals surface area contributed by atoms with Crippen molar-refractivity contribution < 1.29 is 9.59 Å². The number of benzene rings is 1. The number of carbonyl (C=O) groups is 2. The molecular weight excluding hydrogens is 306 g/mol. The summed E-state index contributed by atoms with van der Waals surface area (Å²) in [5.41, 5.74) is 2.16.